The molecule has 5 rings (SSSR count). The molecule has 0 fully saturated rings. The Morgan fingerprint density at radius 3 is 2.24 bits per heavy atom. The lowest BCUT2D eigenvalue weighted by molar-refractivity contribution is -0.955. The van der Waals surface area contributed by atoms with Gasteiger partial charge in [0.25, 0.3) is 0 Å². The molecule has 2 aromatic carbocycles. The second-order valence-corrected chi connectivity index (χ2v) is 7.70. The summed E-state index contributed by atoms with van der Waals surface area (Å²) in [6.07, 6.45) is 1.84. The van der Waals surface area contributed by atoms with E-state index in [1.807, 2.05) is 12.1 Å². The van der Waals surface area contributed by atoms with Crippen molar-refractivity contribution in [2.24, 2.45) is 0 Å². The molecule has 2 unspecified atom stereocenters. The van der Waals surface area contributed by atoms with Crippen LogP contribution in [0.2, 0.25) is 0 Å². The monoisotopic (exact) mass is 340 g/mol. The van der Waals surface area contributed by atoms with Crippen LogP contribution in [0, 0.1) is 0 Å². The highest BCUT2D eigenvalue weighted by Crippen LogP contribution is 2.54. The Hall–Kier alpha value is -2.40. The lowest BCUT2D eigenvalue weighted by Gasteiger charge is -2.52. The lowest BCUT2D eigenvalue weighted by Crippen LogP contribution is -2.53. The number of quaternary nitrogens is 1. The van der Waals surface area contributed by atoms with Crippen LogP contribution in [0.15, 0.2) is 24.3 Å². The van der Waals surface area contributed by atoms with E-state index < -0.39 is 0 Å². The number of ether oxygens (including phenoxy) is 3. The minimum Gasteiger partial charge on any atom is -0.504 e. The first kappa shape index (κ1) is 14.9. The second kappa shape index (κ2) is 4.82. The average molecular weight is 340 g/mol. The van der Waals surface area contributed by atoms with Crippen molar-refractivity contribution < 1.29 is 23.8 Å². The molecule has 0 saturated heterocycles. The van der Waals surface area contributed by atoms with Crippen LogP contribution in [0.5, 0.6) is 23.0 Å². The third kappa shape index (κ3) is 1.93. The zero-order chi connectivity index (χ0) is 17.3. The van der Waals surface area contributed by atoms with E-state index in [2.05, 4.69) is 26.2 Å². The van der Waals surface area contributed by atoms with Crippen LogP contribution in [-0.2, 0) is 12.8 Å². The molecule has 130 valence electrons. The van der Waals surface area contributed by atoms with Crippen LogP contribution in [-0.4, -0.2) is 37.6 Å². The molecular weight excluding hydrogens is 318 g/mol. The number of hydrogen-bond donors (Lipinski definition) is 1. The fourth-order valence-electron chi connectivity index (χ4n) is 4.81. The van der Waals surface area contributed by atoms with Gasteiger partial charge in [-0.1, -0.05) is 0 Å². The molecule has 25 heavy (non-hydrogen) atoms. The summed E-state index contributed by atoms with van der Waals surface area (Å²) in [4.78, 5) is 0. The Morgan fingerprint density at radius 1 is 0.960 bits per heavy atom. The SMILES string of the molecule is COc1cc2c(cc1O)C1Cc3cc4c(cc3C(C2)[N+]1(C)C)OCO4. The van der Waals surface area contributed by atoms with Crippen molar-refractivity contribution in [3.63, 3.8) is 0 Å². The maximum absolute atomic E-state index is 10.3. The maximum atomic E-state index is 10.3. The van der Waals surface area contributed by atoms with Crippen LogP contribution in [0.25, 0.3) is 0 Å². The van der Waals surface area contributed by atoms with Crippen molar-refractivity contribution in [3.8, 4) is 23.0 Å². The molecule has 0 spiro atoms. The number of likely N-dealkylation sites (N-methyl/N-ethyl adjacent to an activating group) is 1. The van der Waals surface area contributed by atoms with Crippen molar-refractivity contribution in [2.45, 2.75) is 24.9 Å². The Morgan fingerprint density at radius 2 is 1.56 bits per heavy atom. The van der Waals surface area contributed by atoms with Gasteiger partial charge in [0.05, 0.1) is 21.2 Å². The molecule has 1 N–H and O–H groups in total. The molecule has 5 heteroatoms. The first-order valence-corrected chi connectivity index (χ1v) is 8.64. The highest BCUT2D eigenvalue weighted by molar-refractivity contribution is 5.54. The predicted octanol–water partition coefficient (Wildman–Crippen LogP) is 3.10. The Labute approximate surface area is 146 Å². The van der Waals surface area contributed by atoms with E-state index in [1.54, 1.807) is 7.11 Å². The highest BCUT2D eigenvalue weighted by Gasteiger charge is 2.49. The molecule has 3 heterocycles. The molecular formula is C20H22NO4+. The number of rotatable bonds is 1. The van der Waals surface area contributed by atoms with Gasteiger partial charge in [0, 0.05) is 24.0 Å². The minimum atomic E-state index is 0.219. The smallest absolute Gasteiger partial charge is 0.231 e. The quantitative estimate of drug-likeness (QED) is 0.811. The van der Waals surface area contributed by atoms with E-state index in [0.717, 1.165) is 28.8 Å². The van der Waals surface area contributed by atoms with Crippen LogP contribution in [0.3, 0.4) is 0 Å². The Kier molecular flexibility index (Phi) is 2.87. The van der Waals surface area contributed by atoms with Gasteiger partial charge in [0.2, 0.25) is 6.79 Å². The molecule has 0 amide bonds. The van der Waals surface area contributed by atoms with E-state index in [-0.39, 0.29) is 5.75 Å². The average Bonchev–Trinajstić information content (AvgIpc) is 3.02. The van der Waals surface area contributed by atoms with Gasteiger partial charge in [-0.15, -0.1) is 0 Å². The summed E-state index contributed by atoms with van der Waals surface area (Å²) in [5.74, 6) is 2.47. The number of phenolic OH excluding ortho intramolecular Hbond substituents is 1. The van der Waals surface area contributed by atoms with Crippen LogP contribution < -0.4 is 14.2 Å². The number of aromatic hydroxyl groups is 1. The molecule has 0 radical (unpaired) electrons. The third-order valence-electron chi connectivity index (χ3n) is 6.23. The first-order valence-electron chi connectivity index (χ1n) is 8.64. The number of hydrogen-bond acceptors (Lipinski definition) is 4. The van der Waals surface area contributed by atoms with Crippen LogP contribution in [0.4, 0.5) is 0 Å². The standard InChI is InChI=1S/C20H21NO4/c1-21(2)15-5-12-7-19-20(25-10-24-19)9-14(12)16(21)4-11-6-18(23-3)17(22)8-13(11)15/h6-9,15-16H,4-5,10H2,1-3H3/p+1. The summed E-state index contributed by atoms with van der Waals surface area (Å²) in [7, 11) is 6.17. The summed E-state index contributed by atoms with van der Waals surface area (Å²) in [5, 5.41) is 10.3. The van der Waals surface area contributed by atoms with Crippen molar-refractivity contribution in [1.29, 1.82) is 0 Å². The largest absolute Gasteiger partial charge is 0.504 e. The fourth-order valence-corrected chi connectivity index (χ4v) is 4.81. The van der Waals surface area contributed by atoms with Crippen molar-refractivity contribution in [2.75, 3.05) is 28.0 Å². The zero-order valence-electron chi connectivity index (χ0n) is 14.7. The summed E-state index contributed by atoms with van der Waals surface area (Å²) in [5.41, 5.74) is 5.18. The topological polar surface area (TPSA) is 47.9 Å². The fraction of sp³-hybridized carbons (Fsp3) is 0.400. The summed E-state index contributed by atoms with van der Waals surface area (Å²) in [6.45, 7) is 0.301. The molecule has 5 nitrogen and oxygen atoms in total. The number of benzene rings is 2. The Bertz CT molecular complexity index is 890. The van der Waals surface area contributed by atoms with E-state index in [9.17, 15) is 5.11 Å². The van der Waals surface area contributed by atoms with Crippen LogP contribution in [0.1, 0.15) is 34.3 Å². The number of methoxy groups -OCH3 is 1. The van der Waals surface area contributed by atoms with Gasteiger partial charge in [-0.3, -0.25) is 0 Å². The van der Waals surface area contributed by atoms with Crippen molar-refractivity contribution >= 4 is 0 Å². The van der Waals surface area contributed by atoms with E-state index >= 15 is 0 Å². The van der Waals surface area contributed by atoms with E-state index in [0.29, 0.717) is 24.6 Å². The Balaban J connectivity index is 1.69. The van der Waals surface area contributed by atoms with Gasteiger partial charge in [-0.2, -0.15) is 0 Å². The normalized spacial score (nSPS) is 24.4. The molecule has 2 atom stereocenters. The number of fused-ring (bicyclic) bond motifs is 7. The minimum absolute atomic E-state index is 0.219. The third-order valence-corrected chi connectivity index (χ3v) is 6.23. The maximum Gasteiger partial charge on any atom is 0.231 e. The second-order valence-electron chi connectivity index (χ2n) is 7.70. The van der Waals surface area contributed by atoms with Crippen molar-refractivity contribution in [1.82, 2.24) is 0 Å². The summed E-state index contributed by atoms with van der Waals surface area (Å²) >= 11 is 0. The molecule has 0 aliphatic carbocycles. The molecule has 3 aliphatic rings. The van der Waals surface area contributed by atoms with E-state index in [1.165, 1.54) is 22.3 Å². The lowest BCUT2D eigenvalue weighted by atomic mass is 9.75. The first-order chi connectivity index (χ1) is 12.0. The molecule has 0 saturated carbocycles. The highest BCUT2D eigenvalue weighted by atomic mass is 16.7. The molecule has 3 aliphatic heterocycles. The van der Waals surface area contributed by atoms with E-state index in [4.69, 9.17) is 14.2 Å². The molecule has 2 aromatic rings. The zero-order valence-corrected chi connectivity index (χ0v) is 14.7. The number of phenols is 1. The summed E-state index contributed by atoms with van der Waals surface area (Å²) in [6, 6.07) is 8.87. The van der Waals surface area contributed by atoms with Gasteiger partial charge in [0.1, 0.15) is 12.1 Å². The van der Waals surface area contributed by atoms with Gasteiger partial charge in [-0.25, -0.2) is 0 Å². The molecule has 0 aromatic heterocycles. The van der Waals surface area contributed by atoms with Gasteiger partial charge >= 0.3 is 0 Å². The predicted molar refractivity (Wildman–Crippen MR) is 92.2 cm³/mol. The summed E-state index contributed by atoms with van der Waals surface area (Å²) < 4.78 is 17.4. The number of nitrogens with zero attached hydrogens (tertiary/aromatic N) is 1. The van der Waals surface area contributed by atoms with Crippen LogP contribution >= 0.6 is 0 Å². The van der Waals surface area contributed by atoms with Gasteiger partial charge < -0.3 is 23.8 Å². The van der Waals surface area contributed by atoms with Gasteiger partial charge in [-0.05, 0) is 35.4 Å². The van der Waals surface area contributed by atoms with Crippen molar-refractivity contribution in [3.05, 3.63) is 46.5 Å². The molecule has 2 bridgehead atoms. The van der Waals surface area contributed by atoms with Gasteiger partial charge in [0.15, 0.2) is 23.0 Å².